The highest BCUT2D eigenvalue weighted by molar-refractivity contribution is 6.30. The number of nitrogens with zero attached hydrogens (tertiary/aromatic N) is 7. The summed E-state index contributed by atoms with van der Waals surface area (Å²) in [5.74, 6) is 0. The zero-order valence-corrected chi connectivity index (χ0v) is 16.9. The standard InChI is InChI=1S/C22H15ClN8/c23-16-2-3-17(24-11-16)13-30-21(5-6-27-30)15-7-22-20(25-9-15)12-28-31(22)18-4-1-14-10-26-29-19(14)8-18/h1-12H,13H2,(H,26,29). The van der Waals surface area contributed by atoms with E-state index in [0.717, 1.165) is 44.6 Å². The minimum absolute atomic E-state index is 0.535. The number of nitrogens with one attached hydrogen (secondary N) is 1. The second-order valence-corrected chi connectivity index (χ2v) is 7.60. The minimum Gasteiger partial charge on any atom is -0.278 e. The van der Waals surface area contributed by atoms with Crippen molar-refractivity contribution in [1.82, 2.24) is 39.7 Å². The quantitative estimate of drug-likeness (QED) is 0.455. The lowest BCUT2D eigenvalue weighted by atomic mass is 10.2. The molecule has 8 nitrogen and oxygen atoms in total. The van der Waals surface area contributed by atoms with E-state index in [0.29, 0.717) is 11.6 Å². The summed E-state index contributed by atoms with van der Waals surface area (Å²) in [6.07, 6.45) is 8.83. The summed E-state index contributed by atoms with van der Waals surface area (Å²) in [6, 6.07) is 13.8. The zero-order chi connectivity index (χ0) is 20.8. The number of aromatic nitrogens is 8. The van der Waals surface area contributed by atoms with Crippen molar-refractivity contribution in [3.8, 4) is 16.9 Å². The Bertz CT molecular complexity index is 1530. The fraction of sp³-hybridized carbons (Fsp3) is 0.0455. The minimum atomic E-state index is 0.535. The van der Waals surface area contributed by atoms with E-state index in [-0.39, 0.29) is 0 Å². The lowest BCUT2D eigenvalue weighted by molar-refractivity contribution is 0.680. The van der Waals surface area contributed by atoms with E-state index >= 15 is 0 Å². The molecule has 9 heteroatoms. The first kappa shape index (κ1) is 17.8. The molecular formula is C22H15ClN8. The monoisotopic (exact) mass is 426 g/mol. The molecule has 0 amide bonds. The van der Waals surface area contributed by atoms with Crippen LogP contribution in [0.5, 0.6) is 0 Å². The number of hydrogen-bond donors (Lipinski definition) is 1. The van der Waals surface area contributed by atoms with Crippen LogP contribution < -0.4 is 0 Å². The van der Waals surface area contributed by atoms with Crippen LogP contribution in [-0.4, -0.2) is 39.7 Å². The van der Waals surface area contributed by atoms with Crippen LogP contribution in [-0.2, 0) is 6.54 Å². The van der Waals surface area contributed by atoms with Gasteiger partial charge in [-0.25, -0.2) is 4.68 Å². The Hall–Kier alpha value is -4.04. The van der Waals surface area contributed by atoms with E-state index in [1.54, 1.807) is 24.8 Å². The second-order valence-electron chi connectivity index (χ2n) is 7.17. The highest BCUT2D eigenvalue weighted by Gasteiger charge is 2.12. The van der Waals surface area contributed by atoms with E-state index in [4.69, 9.17) is 11.6 Å². The van der Waals surface area contributed by atoms with E-state index < -0.39 is 0 Å². The molecule has 1 aromatic carbocycles. The van der Waals surface area contributed by atoms with Gasteiger partial charge in [0, 0.05) is 29.5 Å². The second kappa shape index (κ2) is 7.03. The highest BCUT2D eigenvalue weighted by atomic mass is 35.5. The van der Waals surface area contributed by atoms with Crippen molar-refractivity contribution < 1.29 is 0 Å². The van der Waals surface area contributed by atoms with Gasteiger partial charge in [0.2, 0.25) is 0 Å². The molecule has 6 rings (SSSR count). The SMILES string of the molecule is Clc1ccc(Cn2nccc2-c2cnc3cnn(-c4ccc5cn[nH]c5c4)c3c2)nc1. The summed E-state index contributed by atoms with van der Waals surface area (Å²) < 4.78 is 3.78. The molecule has 0 unspecified atom stereocenters. The summed E-state index contributed by atoms with van der Waals surface area (Å²) in [7, 11) is 0. The van der Waals surface area contributed by atoms with Gasteiger partial charge in [0.05, 0.1) is 52.1 Å². The topological polar surface area (TPSA) is 90.1 Å². The first-order valence-electron chi connectivity index (χ1n) is 9.64. The molecule has 0 saturated heterocycles. The average Bonchev–Trinajstić information content (AvgIpc) is 3.53. The van der Waals surface area contributed by atoms with Gasteiger partial charge in [-0.2, -0.15) is 15.3 Å². The molecule has 0 aliphatic heterocycles. The summed E-state index contributed by atoms with van der Waals surface area (Å²) in [4.78, 5) is 8.99. The van der Waals surface area contributed by atoms with Crippen LogP contribution in [0.15, 0.2) is 73.4 Å². The Balaban J connectivity index is 1.41. The molecular weight excluding hydrogens is 412 g/mol. The molecule has 0 saturated carbocycles. The molecule has 0 aliphatic rings. The van der Waals surface area contributed by atoms with Crippen molar-refractivity contribution in [2.75, 3.05) is 0 Å². The summed E-state index contributed by atoms with van der Waals surface area (Å²) in [5.41, 5.74) is 6.39. The van der Waals surface area contributed by atoms with Crippen molar-refractivity contribution in [1.29, 1.82) is 0 Å². The van der Waals surface area contributed by atoms with Crippen LogP contribution in [0.1, 0.15) is 5.69 Å². The third kappa shape index (κ3) is 3.13. The predicted octanol–water partition coefficient (Wildman–Crippen LogP) is 4.26. The number of pyridine rings is 2. The van der Waals surface area contributed by atoms with Gasteiger partial charge in [0.15, 0.2) is 0 Å². The predicted molar refractivity (Wildman–Crippen MR) is 118 cm³/mol. The van der Waals surface area contributed by atoms with Gasteiger partial charge < -0.3 is 0 Å². The van der Waals surface area contributed by atoms with Crippen LogP contribution in [0.2, 0.25) is 5.02 Å². The van der Waals surface area contributed by atoms with Crippen molar-refractivity contribution in [2.24, 2.45) is 0 Å². The van der Waals surface area contributed by atoms with E-state index in [1.807, 2.05) is 52.0 Å². The van der Waals surface area contributed by atoms with Crippen LogP contribution in [0.4, 0.5) is 0 Å². The number of fused-ring (bicyclic) bond motifs is 2. The van der Waals surface area contributed by atoms with E-state index in [2.05, 4.69) is 36.4 Å². The fourth-order valence-corrected chi connectivity index (χ4v) is 3.78. The van der Waals surface area contributed by atoms with Crippen molar-refractivity contribution >= 4 is 33.5 Å². The normalized spacial score (nSPS) is 11.5. The summed E-state index contributed by atoms with van der Waals surface area (Å²) in [5, 5.41) is 17.8. The fourth-order valence-electron chi connectivity index (χ4n) is 3.67. The Labute approximate surface area is 181 Å². The van der Waals surface area contributed by atoms with Gasteiger partial charge in [-0.15, -0.1) is 0 Å². The maximum atomic E-state index is 5.95. The van der Waals surface area contributed by atoms with Crippen molar-refractivity contribution in [2.45, 2.75) is 6.54 Å². The first-order valence-corrected chi connectivity index (χ1v) is 10.0. The van der Waals surface area contributed by atoms with Gasteiger partial charge in [0.25, 0.3) is 0 Å². The smallest absolute Gasteiger partial charge is 0.109 e. The molecule has 0 aliphatic carbocycles. The number of aromatic amines is 1. The van der Waals surface area contributed by atoms with E-state index in [9.17, 15) is 0 Å². The molecule has 150 valence electrons. The van der Waals surface area contributed by atoms with E-state index in [1.165, 1.54) is 0 Å². The third-order valence-corrected chi connectivity index (χ3v) is 5.43. The number of H-pyrrole nitrogens is 1. The first-order chi connectivity index (χ1) is 15.2. The van der Waals surface area contributed by atoms with Crippen molar-refractivity contribution in [3.05, 3.63) is 84.2 Å². The van der Waals surface area contributed by atoms with Crippen molar-refractivity contribution in [3.63, 3.8) is 0 Å². The van der Waals surface area contributed by atoms with Gasteiger partial charge in [-0.05, 0) is 42.5 Å². The van der Waals surface area contributed by atoms with Crippen LogP contribution in [0.25, 0.3) is 38.9 Å². The molecule has 0 fully saturated rings. The highest BCUT2D eigenvalue weighted by Crippen LogP contribution is 2.26. The summed E-state index contributed by atoms with van der Waals surface area (Å²) in [6.45, 7) is 0.535. The largest absolute Gasteiger partial charge is 0.278 e. The number of rotatable bonds is 4. The van der Waals surface area contributed by atoms with Gasteiger partial charge in [-0.1, -0.05) is 11.6 Å². The van der Waals surface area contributed by atoms with Gasteiger partial charge in [0.1, 0.15) is 5.52 Å². The number of benzene rings is 1. The molecule has 0 radical (unpaired) electrons. The maximum Gasteiger partial charge on any atom is 0.109 e. The van der Waals surface area contributed by atoms with Crippen LogP contribution in [0.3, 0.4) is 0 Å². The third-order valence-electron chi connectivity index (χ3n) is 5.20. The average molecular weight is 427 g/mol. The Morgan fingerprint density at radius 1 is 0.903 bits per heavy atom. The van der Waals surface area contributed by atoms with Crippen LogP contribution in [0, 0.1) is 0 Å². The number of hydrogen-bond acceptors (Lipinski definition) is 5. The Morgan fingerprint density at radius 3 is 2.77 bits per heavy atom. The van der Waals surface area contributed by atoms with Crippen LogP contribution >= 0.6 is 11.6 Å². The lowest BCUT2D eigenvalue weighted by Gasteiger charge is -2.09. The zero-order valence-electron chi connectivity index (χ0n) is 16.1. The number of halogens is 1. The lowest BCUT2D eigenvalue weighted by Crippen LogP contribution is -2.05. The molecule has 5 aromatic heterocycles. The van der Waals surface area contributed by atoms with Gasteiger partial charge in [-0.3, -0.25) is 19.7 Å². The molecule has 5 heterocycles. The molecule has 6 aromatic rings. The molecule has 1 N–H and O–H groups in total. The Morgan fingerprint density at radius 2 is 1.87 bits per heavy atom. The summed E-state index contributed by atoms with van der Waals surface area (Å²) >= 11 is 5.95. The maximum absolute atomic E-state index is 5.95. The molecule has 0 spiro atoms. The Kier molecular flexibility index (Phi) is 4.03. The van der Waals surface area contributed by atoms with Gasteiger partial charge >= 0.3 is 0 Å². The molecule has 0 bridgehead atoms. The molecule has 0 atom stereocenters. The molecule has 31 heavy (non-hydrogen) atoms.